The number of benzene rings is 2. The van der Waals surface area contributed by atoms with Crippen molar-refractivity contribution < 1.29 is 18.3 Å². The first-order valence-corrected chi connectivity index (χ1v) is 10.4. The Morgan fingerprint density at radius 1 is 1.00 bits per heavy atom. The molecule has 1 amide bonds. The number of amides is 1. The fourth-order valence-corrected chi connectivity index (χ4v) is 4.45. The minimum absolute atomic E-state index is 0.330. The summed E-state index contributed by atoms with van der Waals surface area (Å²) >= 11 is 0. The standard InChI is InChI=1S/C24H21F2N3O2/c25-18-7-4-8-19(26)20(18)23(30)29-12-10-24(11-13-29)21-17(9-14-31-24)15-27-22(28-21)16-5-2-1-3-6-16/h1-8,15H,9-14H2. The number of rotatable bonds is 2. The first kappa shape index (κ1) is 19.8. The smallest absolute Gasteiger partial charge is 0.259 e. The predicted octanol–water partition coefficient (Wildman–Crippen LogP) is 4.13. The van der Waals surface area contributed by atoms with Crippen molar-refractivity contribution in [3.05, 3.63) is 83.2 Å². The van der Waals surface area contributed by atoms with Gasteiger partial charge in [0.25, 0.3) is 5.91 Å². The Bertz CT molecular complexity index is 1110. The quantitative estimate of drug-likeness (QED) is 0.625. The van der Waals surface area contributed by atoms with E-state index in [4.69, 9.17) is 9.72 Å². The minimum Gasteiger partial charge on any atom is -0.368 e. The molecule has 2 aliphatic rings. The highest BCUT2D eigenvalue weighted by molar-refractivity contribution is 5.94. The Labute approximate surface area is 178 Å². The van der Waals surface area contributed by atoms with Crippen LogP contribution in [0.2, 0.25) is 0 Å². The Kier molecular flexibility index (Phi) is 4.98. The van der Waals surface area contributed by atoms with Crippen LogP contribution < -0.4 is 0 Å². The van der Waals surface area contributed by atoms with E-state index in [0.29, 0.717) is 38.4 Å². The van der Waals surface area contributed by atoms with Crippen LogP contribution >= 0.6 is 0 Å². The van der Waals surface area contributed by atoms with Crippen molar-refractivity contribution >= 4 is 5.91 Å². The summed E-state index contributed by atoms with van der Waals surface area (Å²) < 4.78 is 34.4. The third-order valence-corrected chi connectivity index (χ3v) is 6.11. The third kappa shape index (κ3) is 3.49. The Morgan fingerprint density at radius 2 is 1.71 bits per heavy atom. The molecule has 1 spiro atoms. The van der Waals surface area contributed by atoms with Crippen molar-refractivity contribution in [2.24, 2.45) is 0 Å². The Morgan fingerprint density at radius 3 is 2.42 bits per heavy atom. The minimum atomic E-state index is -0.843. The molecular weight excluding hydrogens is 400 g/mol. The number of piperidine rings is 1. The van der Waals surface area contributed by atoms with Gasteiger partial charge in [-0.2, -0.15) is 0 Å². The number of halogens is 2. The van der Waals surface area contributed by atoms with Gasteiger partial charge in [0.05, 0.1) is 12.3 Å². The number of carbonyl (C=O) groups is 1. The first-order chi connectivity index (χ1) is 15.1. The zero-order chi connectivity index (χ0) is 21.4. The fourth-order valence-electron chi connectivity index (χ4n) is 4.45. The number of carbonyl (C=O) groups excluding carboxylic acids is 1. The summed E-state index contributed by atoms with van der Waals surface area (Å²) in [5.41, 5.74) is 1.71. The van der Waals surface area contributed by atoms with E-state index in [9.17, 15) is 13.6 Å². The van der Waals surface area contributed by atoms with Gasteiger partial charge in [-0.05, 0) is 37.0 Å². The molecule has 31 heavy (non-hydrogen) atoms. The van der Waals surface area contributed by atoms with Gasteiger partial charge in [-0.15, -0.1) is 0 Å². The highest BCUT2D eigenvalue weighted by atomic mass is 19.1. The van der Waals surface area contributed by atoms with Crippen LogP contribution in [0.5, 0.6) is 0 Å². The van der Waals surface area contributed by atoms with Crippen molar-refractivity contribution in [3.8, 4) is 11.4 Å². The van der Waals surface area contributed by atoms with Crippen LogP contribution in [0, 0.1) is 11.6 Å². The van der Waals surface area contributed by atoms with Gasteiger partial charge < -0.3 is 9.64 Å². The number of aromatic nitrogens is 2. The van der Waals surface area contributed by atoms with Crippen LogP contribution in [-0.2, 0) is 16.8 Å². The molecule has 7 heteroatoms. The van der Waals surface area contributed by atoms with Gasteiger partial charge in [0.2, 0.25) is 0 Å². The number of fused-ring (bicyclic) bond motifs is 2. The summed E-state index contributed by atoms with van der Waals surface area (Å²) in [6, 6.07) is 13.2. The van der Waals surface area contributed by atoms with Gasteiger partial charge in [0.1, 0.15) is 22.8 Å². The second-order valence-electron chi connectivity index (χ2n) is 7.92. The maximum absolute atomic E-state index is 14.1. The monoisotopic (exact) mass is 421 g/mol. The highest BCUT2D eigenvalue weighted by Crippen LogP contribution is 2.41. The number of hydrogen-bond acceptors (Lipinski definition) is 4. The maximum Gasteiger partial charge on any atom is 0.259 e. The van der Waals surface area contributed by atoms with Gasteiger partial charge in [-0.25, -0.2) is 18.7 Å². The SMILES string of the molecule is O=C(c1c(F)cccc1F)N1CCC2(CC1)OCCc1cnc(-c3ccccc3)nc12. The molecule has 0 aliphatic carbocycles. The Balaban J connectivity index is 1.42. The first-order valence-electron chi connectivity index (χ1n) is 10.4. The van der Waals surface area contributed by atoms with E-state index in [-0.39, 0.29) is 0 Å². The Hall–Kier alpha value is -3.19. The average Bonchev–Trinajstić information content (AvgIpc) is 2.80. The zero-order valence-corrected chi connectivity index (χ0v) is 16.9. The van der Waals surface area contributed by atoms with Crippen molar-refractivity contribution in [3.63, 3.8) is 0 Å². The molecule has 1 saturated heterocycles. The highest BCUT2D eigenvalue weighted by Gasteiger charge is 2.44. The molecule has 5 nitrogen and oxygen atoms in total. The lowest BCUT2D eigenvalue weighted by Gasteiger charge is -2.44. The molecule has 158 valence electrons. The summed E-state index contributed by atoms with van der Waals surface area (Å²) in [5, 5.41) is 0. The molecule has 3 heterocycles. The lowest BCUT2D eigenvalue weighted by molar-refractivity contribution is -0.0967. The topological polar surface area (TPSA) is 55.3 Å². The third-order valence-electron chi connectivity index (χ3n) is 6.11. The van der Waals surface area contributed by atoms with Crippen LogP contribution in [-0.4, -0.2) is 40.5 Å². The van der Waals surface area contributed by atoms with E-state index < -0.39 is 28.7 Å². The van der Waals surface area contributed by atoms with Crippen LogP contribution in [0.4, 0.5) is 8.78 Å². The number of likely N-dealkylation sites (tertiary alicyclic amines) is 1. The molecule has 0 saturated carbocycles. The van der Waals surface area contributed by atoms with Gasteiger partial charge >= 0.3 is 0 Å². The molecule has 0 radical (unpaired) electrons. The fraction of sp³-hybridized carbons (Fsp3) is 0.292. The molecular formula is C24H21F2N3O2. The average molecular weight is 421 g/mol. The molecule has 0 unspecified atom stereocenters. The van der Waals surface area contributed by atoms with Gasteiger partial charge in [-0.3, -0.25) is 4.79 Å². The van der Waals surface area contributed by atoms with Gasteiger partial charge in [-0.1, -0.05) is 36.4 Å². The van der Waals surface area contributed by atoms with Crippen LogP contribution in [0.3, 0.4) is 0 Å². The normalized spacial score (nSPS) is 17.4. The van der Waals surface area contributed by atoms with Crippen LogP contribution in [0.25, 0.3) is 11.4 Å². The predicted molar refractivity (Wildman–Crippen MR) is 110 cm³/mol. The van der Waals surface area contributed by atoms with Crippen molar-refractivity contribution in [2.45, 2.75) is 24.9 Å². The second-order valence-corrected chi connectivity index (χ2v) is 7.92. The van der Waals surface area contributed by atoms with E-state index >= 15 is 0 Å². The largest absolute Gasteiger partial charge is 0.368 e. The summed E-state index contributed by atoms with van der Waals surface area (Å²) in [6.07, 6.45) is 3.61. The molecule has 3 aromatic rings. The van der Waals surface area contributed by atoms with Crippen molar-refractivity contribution in [1.82, 2.24) is 14.9 Å². The van der Waals surface area contributed by atoms with Crippen molar-refractivity contribution in [2.75, 3.05) is 19.7 Å². The second kappa shape index (κ2) is 7.81. The van der Waals surface area contributed by atoms with E-state index in [1.165, 1.54) is 11.0 Å². The summed E-state index contributed by atoms with van der Waals surface area (Å²) in [4.78, 5) is 23.7. The summed E-state index contributed by atoms with van der Waals surface area (Å²) in [7, 11) is 0. The van der Waals surface area contributed by atoms with E-state index in [1.807, 2.05) is 36.5 Å². The van der Waals surface area contributed by atoms with Crippen LogP contribution in [0.1, 0.15) is 34.5 Å². The molecule has 5 rings (SSSR count). The van der Waals surface area contributed by atoms with E-state index in [1.54, 1.807) is 0 Å². The molecule has 2 aromatic carbocycles. The van der Waals surface area contributed by atoms with Gasteiger partial charge in [0.15, 0.2) is 5.82 Å². The van der Waals surface area contributed by atoms with Crippen molar-refractivity contribution in [1.29, 1.82) is 0 Å². The van der Waals surface area contributed by atoms with E-state index in [0.717, 1.165) is 35.4 Å². The molecule has 0 bridgehead atoms. The number of hydrogen-bond donors (Lipinski definition) is 0. The number of nitrogens with zero attached hydrogens (tertiary/aromatic N) is 3. The van der Waals surface area contributed by atoms with Gasteiger partial charge in [0, 0.05) is 24.8 Å². The molecule has 2 aliphatic heterocycles. The molecule has 1 fully saturated rings. The molecule has 1 aromatic heterocycles. The van der Waals surface area contributed by atoms with Crippen LogP contribution in [0.15, 0.2) is 54.7 Å². The lowest BCUT2D eigenvalue weighted by Crippen LogP contribution is -2.49. The summed E-state index contributed by atoms with van der Waals surface area (Å²) in [6.45, 7) is 1.21. The lowest BCUT2D eigenvalue weighted by atomic mass is 9.83. The maximum atomic E-state index is 14.1. The summed E-state index contributed by atoms with van der Waals surface area (Å²) in [5.74, 6) is -1.68. The zero-order valence-electron chi connectivity index (χ0n) is 16.9. The number of ether oxygens (including phenoxy) is 1. The van der Waals surface area contributed by atoms with E-state index in [2.05, 4.69) is 4.98 Å². The molecule has 0 atom stereocenters. The molecule has 0 N–H and O–H groups in total.